The summed E-state index contributed by atoms with van der Waals surface area (Å²) in [5.41, 5.74) is -1.07. The zero-order valence-electron chi connectivity index (χ0n) is 19.9. The molecule has 2 amide bonds. The third-order valence-electron chi connectivity index (χ3n) is 5.15. The number of hydroxylamine groups is 2. The van der Waals surface area contributed by atoms with E-state index >= 15 is 0 Å². The van der Waals surface area contributed by atoms with Crippen LogP contribution in [0.4, 0.5) is 14.4 Å². The maximum Gasteiger partial charge on any atom is 0.528 e. The zero-order valence-corrected chi connectivity index (χ0v) is 19.9. The SMILES string of the molecule is CNC(=O)OCC1=C(OC(=O)OC(C)(C)C)N2C(=O)[C@@H]3[C@H]2C1CCN3OC(=O)OC(C)(C)C. The predicted octanol–water partition coefficient (Wildman–Crippen LogP) is 2.29. The highest BCUT2D eigenvalue weighted by Gasteiger charge is 2.65. The number of β-lactam (4-membered cyclic amide) rings is 1. The summed E-state index contributed by atoms with van der Waals surface area (Å²) in [6.07, 6.45) is -2.10. The van der Waals surface area contributed by atoms with E-state index in [1.165, 1.54) is 17.0 Å². The number of carbonyl (C=O) groups excluding carboxylic acids is 4. The molecule has 0 aromatic rings. The second-order valence-electron chi connectivity index (χ2n) is 9.96. The van der Waals surface area contributed by atoms with Crippen molar-refractivity contribution in [1.82, 2.24) is 15.3 Å². The third kappa shape index (κ3) is 5.32. The van der Waals surface area contributed by atoms with E-state index in [9.17, 15) is 19.2 Å². The number of nitrogens with one attached hydrogen (secondary N) is 1. The molecule has 0 radical (unpaired) electrons. The summed E-state index contributed by atoms with van der Waals surface area (Å²) in [4.78, 5) is 55.8. The number of nitrogens with zero attached hydrogens (tertiary/aromatic N) is 2. The highest BCUT2D eigenvalue weighted by Crippen LogP contribution is 2.49. The van der Waals surface area contributed by atoms with Gasteiger partial charge in [-0.2, -0.15) is 0 Å². The van der Waals surface area contributed by atoms with Crippen molar-refractivity contribution >= 4 is 24.3 Å². The molecule has 0 spiro atoms. The Balaban J connectivity index is 1.80. The first kappa shape index (κ1) is 24.6. The van der Waals surface area contributed by atoms with Gasteiger partial charge in [-0.25, -0.2) is 14.4 Å². The second kappa shape index (κ2) is 8.73. The van der Waals surface area contributed by atoms with Crippen LogP contribution in [-0.4, -0.2) is 77.8 Å². The molecule has 2 saturated heterocycles. The molecule has 2 fully saturated rings. The van der Waals surface area contributed by atoms with Crippen LogP contribution >= 0.6 is 0 Å². The van der Waals surface area contributed by atoms with Crippen molar-refractivity contribution < 1.29 is 43.0 Å². The number of carbonyl (C=O) groups is 4. The maximum atomic E-state index is 13.0. The van der Waals surface area contributed by atoms with Gasteiger partial charge in [-0.05, 0) is 48.0 Å². The molecule has 0 aliphatic carbocycles. The Morgan fingerprint density at radius 1 is 1.03 bits per heavy atom. The highest BCUT2D eigenvalue weighted by atomic mass is 16.8. The lowest BCUT2D eigenvalue weighted by molar-refractivity contribution is -0.223. The van der Waals surface area contributed by atoms with E-state index in [1.807, 2.05) is 0 Å². The molecule has 12 nitrogen and oxygen atoms in total. The van der Waals surface area contributed by atoms with E-state index in [2.05, 4.69) is 5.32 Å². The molecule has 12 heteroatoms. The van der Waals surface area contributed by atoms with Crippen LogP contribution in [0.1, 0.15) is 48.0 Å². The van der Waals surface area contributed by atoms with Gasteiger partial charge in [-0.15, -0.1) is 5.06 Å². The molecule has 184 valence electrons. The van der Waals surface area contributed by atoms with Gasteiger partial charge in [0.25, 0.3) is 5.91 Å². The molecule has 0 aromatic carbocycles. The minimum absolute atomic E-state index is 0.0106. The van der Waals surface area contributed by atoms with E-state index in [4.69, 9.17) is 23.8 Å². The minimum atomic E-state index is -0.980. The zero-order chi connectivity index (χ0) is 24.7. The summed E-state index contributed by atoms with van der Waals surface area (Å²) in [5.74, 6) is -0.682. The van der Waals surface area contributed by atoms with Crippen LogP contribution in [0.3, 0.4) is 0 Å². The Labute approximate surface area is 192 Å². The number of piperidine rings is 1. The summed E-state index contributed by atoms with van der Waals surface area (Å²) in [6.45, 7) is 10.2. The van der Waals surface area contributed by atoms with Crippen LogP contribution in [0.2, 0.25) is 0 Å². The monoisotopic (exact) mass is 469 g/mol. The fourth-order valence-corrected chi connectivity index (χ4v) is 4.01. The first-order valence-electron chi connectivity index (χ1n) is 10.7. The highest BCUT2D eigenvalue weighted by molar-refractivity contribution is 5.93. The van der Waals surface area contributed by atoms with E-state index in [1.54, 1.807) is 41.5 Å². The number of hydrogen-bond donors (Lipinski definition) is 1. The summed E-state index contributed by atoms with van der Waals surface area (Å²) < 4.78 is 21.0. The maximum absolute atomic E-state index is 13.0. The molecule has 3 rings (SSSR count). The van der Waals surface area contributed by atoms with Crippen molar-refractivity contribution in [3.63, 3.8) is 0 Å². The standard InChI is InChI=1S/C21H31N3O9/c1-20(2,3)31-18(27)30-16-12(10-29-17(26)22-7)11-8-9-23(14-13(11)24(16)15(14)25)33-19(28)32-21(4,5)6/h11,13-14H,8-10H2,1-7H3,(H,22,26)/t11?,13-,14+/m1/s1. The van der Waals surface area contributed by atoms with Crippen LogP contribution < -0.4 is 5.32 Å². The van der Waals surface area contributed by atoms with Crippen LogP contribution in [0.25, 0.3) is 0 Å². The average molecular weight is 469 g/mol. The largest absolute Gasteiger partial charge is 0.528 e. The van der Waals surface area contributed by atoms with Crippen molar-refractivity contribution in [2.24, 2.45) is 5.92 Å². The van der Waals surface area contributed by atoms with Gasteiger partial charge in [0.2, 0.25) is 5.88 Å². The number of hydrogen-bond acceptors (Lipinski definition) is 10. The molecule has 0 bridgehead atoms. The van der Waals surface area contributed by atoms with Gasteiger partial charge in [0.05, 0.1) is 6.04 Å². The summed E-state index contributed by atoms with van der Waals surface area (Å²) in [5, 5.41) is 3.64. The van der Waals surface area contributed by atoms with Crippen LogP contribution in [0.5, 0.6) is 0 Å². The van der Waals surface area contributed by atoms with Crippen LogP contribution in [0.15, 0.2) is 11.5 Å². The Morgan fingerprint density at radius 2 is 1.64 bits per heavy atom. The van der Waals surface area contributed by atoms with Crippen LogP contribution in [0, 0.1) is 5.92 Å². The number of amides is 2. The quantitative estimate of drug-likeness (QED) is 0.371. The molecule has 3 aliphatic heterocycles. The van der Waals surface area contributed by atoms with Gasteiger partial charge < -0.3 is 29.1 Å². The fraction of sp³-hybridized carbons (Fsp3) is 0.714. The second-order valence-corrected chi connectivity index (χ2v) is 9.96. The lowest BCUT2D eigenvalue weighted by Crippen LogP contribution is -2.72. The summed E-state index contributed by atoms with van der Waals surface area (Å²) in [6, 6.07) is -1.22. The van der Waals surface area contributed by atoms with E-state index in [0.717, 1.165) is 0 Å². The van der Waals surface area contributed by atoms with Crippen molar-refractivity contribution in [1.29, 1.82) is 0 Å². The molecule has 1 N–H and O–H groups in total. The van der Waals surface area contributed by atoms with Crippen molar-refractivity contribution in [3.05, 3.63) is 11.5 Å². The number of ether oxygens (including phenoxy) is 4. The predicted molar refractivity (Wildman–Crippen MR) is 111 cm³/mol. The topological polar surface area (TPSA) is 133 Å². The molecule has 0 aromatic heterocycles. The molecular weight excluding hydrogens is 438 g/mol. The van der Waals surface area contributed by atoms with E-state index < -0.39 is 47.6 Å². The lowest BCUT2D eigenvalue weighted by Gasteiger charge is -2.51. The Bertz CT molecular complexity index is 871. The summed E-state index contributed by atoms with van der Waals surface area (Å²) in [7, 11) is 1.42. The normalized spacial score (nSPS) is 24.5. The Kier molecular flexibility index (Phi) is 6.51. The van der Waals surface area contributed by atoms with Crippen LogP contribution in [-0.2, 0) is 28.6 Å². The molecular formula is C21H31N3O9. The fourth-order valence-electron chi connectivity index (χ4n) is 4.01. The molecule has 0 saturated carbocycles. The van der Waals surface area contributed by atoms with E-state index in [-0.39, 0.29) is 25.0 Å². The minimum Gasteiger partial charge on any atom is -0.445 e. The van der Waals surface area contributed by atoms with E-state index in [0.29, 0.717) is 12.0 Å². The average Bonchev–Trinajstić information content (AvgIpc) is 2.93. The van der Waals surface area contributed by atoms with Crippen molar-refractivity contribution in [2.45, 2.75) is 71.2 Å². The third-order valence-corrected chi connectivity index (χ3v) is 5.15. The molecule has 33 heavy (non-hydrogen) atoms. The Hall–Kier alpha value is -3.02. The number of alkyl carbamates (subject to hydrolysis) is 1. The Morgan fingerprint density at radius 3 is 2.21 bits per heavy atom. The van der Waals surface area contributed by atoms with Crippen molar-refractivity contribution in [2.75, 3.05) is 20.2 Å². The molecule has 3 aliphatic rings. The van der Waals surface area contributed by atoms with Gasteiger partial charge in [-0.3, -0.25) is 9.69 Å². The number of rotatable bonds is 4. The first-order chi connectivity index (χ1) is 15.2. The first-order valence-corrected chi connectivity index (χ1v) is 10.7. The smallest absolute Gasteiger partial charge is 0.445 e. The molecule has 1 unspecified atom stereocenters. The van der Waals surface area contributed by atoms with Gasteiger partial charge in [-0.1, -0.05) is 0 Å². The van der Waals surface area contributed by atoms with Gasteiger partial charge in [0, 0.05) is 25.1 Å². The van der Waals surface area contributed by atoms with Crippen molar-refractivity contribution in [3.8, 4) is 0 Å². The van der Waals surface area contributed by atoms with Gasteiger partial charge in [0.15, 0.2) is 0 Å². The molecule has 3 heterocycles. The molecule has 3 atom stereocenters. The summed E-state index contributed by atoms with van der Waals surface area (Å²) >= 11 is 0. The van der Waals surface area contributed by atoms with Gasteiger partial charge >= 0.3 is 18.4 Å². The van der Waals surface area contributed by atoms with Gasteiger partial charge in [0.1, 0.15) is 23.9 Å². The lowest BCUT2D eigenvalue weighted by atomic mass is 9.79.